The summed E-state index contributed by atoms with van der Waals surface area (Å²) < 4.78 is 14.4. The molecule has 0 spiro atoms. The lowest BCUT2D eigenvalue weighted by Gasteiger charge is -2.24. The van der Waals surface area contributed by atoms with Crippen LogP contribution < -0.4 is 10.6 Å². The average Bonchev–Trinajstić information content (AvgIpc) is 3.35. The normalized spacial score (nSPS) is 16.9. The Hall–Kier alpha value is -3.79. The molecular weight excluding hydrogens is 471 g/mol. The van der Waals surface area contributed by atoms with Gasteiger partial charge in [-0.2, -0.15) is 14.3 Å². The van der Waals surface area contributed by atoms with Crippen molar-refractivity contribution in [3.05, 3.63) is 77.5 Å². The van der Waals surface area contributed by atoms with Gasteiger partial charge >= 0.3 is 11.9 Å². The molecule has 0 saturated carbocycles. The molecule has 1 atom stereocenters. The van der Waals surface area contributed by atoms with E-state index < -0.39 is 23.0 Å². The quantitative estimate of drug-likeness (QED) is 0.522. The van der Waals surface area contributed by atoms with Gasteiger partial charge in [-0.3, -0.25) is 9.59 Å². The van der Waals surface area contributed by atoms with Crippen LogP contribution >= 0.6 is 11.8 Å². The molecule has 0 fully saturated rings. The molecule has 2 heterocycles. The minimum Gasteiger partial charge on any atom is -0.352 e. The summed E-state index contributed by atoms with van der Waals surface area (Å²) in [5.41, 5.74) is 1.83. The molecule has 180 valence electrons. The summed E-state index contributed by atoms with van der Waals surface area (Å²) in [5, 5.41) is 6.56. The molecule has 0 aliphatic carbocycles. The molecule has 0 saturated heterocycles. The van der Waals surface area contributed by atoms with Gasteiger partial charge in [-0.1, -0.05) is 30.3 Å². The van der Waals surface area contributed by atoms with E-state index in [1.807, 2.05) is 30.3 Å². The highest BCUT2D eigenvalue weighted by Crippen LogP contribution is 2.28. The third kappa shape index (κ3) is 6.02. The third-order valence-electron chi connectivity index (χ3n) is 5.53. The molecule has 5 amide bonds. The zero-order valence-electron chi connectivity index (χ0n) is 18.8. The number of urea groups is 1. The number of thioether (sulfide) groups is 1. The monoisotopic (exact) mass is 495 g/mol. The molecule has 2 N–H and O–H groups in total. The van der Waals surface area contributed by atoms with Crippen molar-refractivity contribution in [3.63, 3.8) is 0 Å². The van der Waals surface area contributed by atoms with Crippen molar-refractivity contribution in [1.82, 2.24) is 10.2 Å². The average molecular weight is 496 g/mol. The number of anilines is 1. The third-order valence-corrected chi connectivity index (χ3v) is 6.54. The van der Waals surface area contributed by atoms with Crippen LogP contribution in [-0.2, 0) is 20.9 Å². The fourth-order valence-electron chi connectivity index (χ4n) is 3.78. The van der Waals surface area contributed by atoms with Crippen LogP contribution in [-0.4, -0.2) is 57.3 Å². The Morgan fingerprint density at radius 1 is 1.03 bits per heavy atom. The van der Waals surface area contributed by atoms with Gasteiger partial charge in [0.15, 0.2) is 11.8 Å². The highest BCUT2D eigenvalue weighted by Gasteiger charge is 2.49. The summed E-state index contributed by atoms with van der Waals surface area (Å²) in [5.74, 6) is -1.44. The van der Waals surface area contributed by atoms with Crippen molar-refractivity contribution in [2.24, 2.45) is 0 Å². The Morgan fingerprint density at radius 3 is 2.51 bits per heavy atom. The second kappa shape index (κ2) is 11.1. The molecule has 0 aromatic heterocycles. The first-order valence-electron chi connectivity index (χ1n) is 11.1. The molecule has 8 nitrogen and oxygen atoms in total. The molecule has 1 unspecified atom stereocenters. The minimum atomic E-state index is -0.613. The molecule has 0 radical (unpaired) electrons. The van der Waals surface area contributed by atoms with E-state index in [0.29, 0.717) is 24.4 Å². The van der Waals surface area contributed by atoms with Crippen LogP contribution in [0.5, 0.6) is 0 Å². The van der Waals surface area contributed by atoms with Gasteiger partial charge in [-0.05, 0) is 47.7 Å². The van der Waals surface area contributed by atoms with Crippen LogP contribution in [0.15, 0.2) is 66.1 Å². The maximum Gasteiger partial charge on any atom is 0.501 e. The summed E-state index contributed by atoms with van der Waals surface area (Å²) in [4.78, 5) is 51.9. The van der Waals surface area contributed by atoms with Crippen LogP contribution in [0.3, 0.4) is 0 Å². The fraction of sp³-hybridized carbons (Fsp3) is 0.240. The van der Waals surface area contributed by atoms with Crippen molar-refractivity contribution < 1.29 is 28.1 Å². The number of allylic oxidation sites excluding steroid dienone is 1. The predicted molar refractivity (Wildman–Crippen MR) is 130 cm³/mol. The number of carbonyl (C=O) groups excluding carboxylic acids is 4. The second-order valence-electron chi connectivity index (χ2n) is 8.02. The number of halogens is 1. The number of hydrogen-bond donors (Lipinski definition) is 2. The molecule has 35 heavy (non-hydrogen) atoms. The fourth-order valence-corrected chi connectivity index (χ4v) is 4.74. The van der Waals surface area contributed by atoms with Crippen LogP contribution in [0.2, 0.25) is 0 Å². The number of benzene rings is 2. The lowest BCUT2D eigenvalue weighted by Crippen LogP contribution is -2.56. The van der Waals surface area contributed by atoms with E-state index in [0.717, 1.165) is 10.5 Å². The number of nitrogens with one attached hydrogen (secondary N) is 2. The van der Waals surface area contributed by atoms with Crippen LogP contribution in [0.4, 0.5) is 14.9 Å². The zero-order chi connectivity index (χ0) is 24.8. The summed E-state index contributed by atoms with van der Waals surface area (Å²) in [6.07, 6.45) is 2.11. The number of rotatable bonds is 9. The van der Waals surface area contributed by atoms with E-state index in [1.165, 1.54) is 40.6 Å². The van der Waals surface area contributed by atoms with E-state index >= 15 is 0 Å². The highest BCUT2D eigenvalue weighted by atomic mass is 32.2. The number of fused-ring (bicyclic) bond motifs is 1. The lowest BCUT2D eigenvalue weighted by molar-refractivity contribution is -0.425. The first kappa shape index (κ1) is 24.3. The van der Waals surface area contributed by atoms with Gasteiger partial charge in [-0.15, -0.1) is 11.8 Å². The summed E-state index contributed by atoms with van der Waals surface area (Å²) >= 11 is 1.27. The Labute approximate surface area is 205 Å². The van der Waals surface area contributed by atoms with Gasteiger partial charge in [0.25, 0.3) is 5.91 Å². The molecule has 4 rings (SSSR count). The molecule has 0 bridgehead atoms. The molecular formula is C25H24FN4O4S+. The summed E-state index contributed by atoms with van der Waals surface area (Å²) in [6, 6.07) is 14.2. The van der Waals surface area contributed by atoms with E-state index in [1.54, 1.807) is 11.5 Å². The van der Waals surface area contributed by atoms with Gasteiger partial charge in [0, 0.05) is 18.7 Å². The maximum absolute atomic E-state index is 13.1. The van der Waals surface area contributed by atoms with Gasteiger partial charge in [0.2, 0.25) is 5.91 Å². The number of amides is 5. The van der Waals surface area contributed by atoms with Crippen LogP contribution in [0.1, 0.15) is 18.4 Å². The molecule has 10 heteroatoms. The predicted octanol–water partition coefficient (Wildman–Crippen LogP) is 2.91. The molecule has 2 aliphatic heterocycles. The van der Waals surface area contributed by atoms with E-state index in [4.69, 9.17) is 0 Å². The Kier molecular flexibility index (Phi) is 7.71. The van der Waals surface area contributed by atoms with Crippen molar-refractivity contribution in [1.29, 1.82) is 0 Å². The Balaban J connectivity index is 1.35. The summed E-state index contributed by atoms with van der Waals surface area (Å²) in [7, 11) is 0. The standard InChI is InChI=1S/C25H23FN4O4S/c26-18-8-10-19(11-9-18)28-22(32)16-30-20-12-14-35-23(20)24(33)29(25(30)34)13-4-7-21(31)27-15-17-5-2-1-3-6-17/h1-3,5-6,8-12,14,23H,4,7,13,15-16H2,(H-,27,28,31,32)/p+1. The van der Waals surface area contributed by atoms with E-state index in [-0.39, 0.29) is 31.3 Å². The minimum absolute atomic E-state index is 0.0663. The second-order valence-corrected chi connectivity index (χ2v) is 9.04. The molecule has 2 aliphatic rings. The van der Waals surface area contributed by atoms with Gasteiger partial charge in [0.05, 0.1) is 6.54 Å². The van der Waals surface area contributed by atoms with Crippen molar-refractivity contribution >= 4 is 46.9 Å². The number of nitrogens with zero attached hydrogens (tertiary/aromatic N) is 2. The topological polar surface area (TPSA) is 98.6 Å². The van der Waals surface area contributed by atoms with E-state index in [9.17, 15) is 23.6 Å². The zero-order valence-corrected chi connectivity index (χ0v) is 19.6. The van der Waals surface area contributed by atoms with Gasteiger partial charge in [-0.25, -0.2) is 9.18 Å². The molecule has 2 aromatic carbocycles. The number of carbonyl (C=O) groups is 4. The maximum atomic E-state index is 13.1. The van der Waals surface area contributed by atoms with Gasteiger partial charge < -0.3 is 10.6 Å². The molecule has 2 aromatic rings. The largest absolute Gasteiger partial charge is 0.501 e. The summed E-state index contributed by atoms with van der Waals surface area (Å²) in [6.45, 7) is 0.173. The van der Waals surface area contributed by atoms with Crippen molar-refractivity contribution in [2.45, 2.75) is 24.6 Å². The SMILES string of the molecule is O=C(CCCN1C(=O)C2SC=CC2=[N+](CC(=O)Nc2ccc(F)cc2)C1=O)NCc1ccccc1. The van der Waals surface area contributed by atoms with Gasteiger partial charge in [0.1, 0.15) is 11.5 Å². The van der Waals surface area contributed by atoms with Crippen LogP contribution in [0.25, 0.3) is 0 Å². The Bertz CT molecular complexity index is 1200. The van der Waals surface area contributed by atoms with Crippen molar-refractivity contribution in [3.8, 4) is 0 Å². The number of imide groups is 1. The first-order valence-corrected chi connectivity index (χ1v) is 12.0. The lowest BCUT2D eigenvalue weighted by atomic mass is 10.1. The first-order chi connectivity index (χ1) is 16.9. The Morgan fingerprint density at radius 2 is 1.77 bits per heavy atom. The number of hydrogen-bond acceptors (Lipinski definition) is 5. The van der Waals surface area contributed by atoms with Crippen LogP contribution in [0, 0.1) is 5.82 Å². The van der Waals surface area contributed by atoms with Crippen molar-refractivity contribution in [2.75, 3.05) is 18.4 Å². The smallest absolute Gasteiger partial charge is 0.352 e. The highest BCUT2D eigenvalue weighted by molar-refractivity contribution is 8.04. The van der Waals surface area contributed by atoms with E-state index in [2.05, 4.69) is 10.6 Å².